The molecule has 4 rings (SSSR count). The van der Waals surface area contributed by atoms with Crippen LogP contribution in [-0.4, -0.2) is 59.4 Å². The molecule has 2 fully saturated rings. The van der Waals surface area contributed by atoms with Gasteiger partial charge in [-0.15, -0.1) is 0 Å². The van der Waals surface area contributed by atoms with Gasteiger partial charge in [0.1, 0.15) is 0 Å². The molecule has 0 saturated carbocycles. The van der Waals surface area contributed by atoms with E-state index in [1.807, 2.05) is 12.2 Å². The first-order chi connectivity index (χ1) is 13.0. The van der Waals surface area contributed by atoms with Gasteiger partial charge in [0.25, 0.3) is 5.69 Å². The lowest BCUT2D eigenvalue weighted by molar-refractivity contribution is -0.384. The number of carbonyl (C=O) groups excluding carboxylic acids is 2. The van der Waals surface area contributed by atoms with Crippen LogP contribution in [0, 0.1) is 22.0 Å². The number of rotatable bonds is 4. The second-order valence-electron chi connectivity index (χ2n) is 7.28. The summed E-state index contributed by atoms with van der Waals surface area (Å²) < 4.78 is 0. The molecule has 1 aromatic carbocycles. The molecule has 8 heteroatoms. The number of piperazine rings is 1. The van der Waals surface area contributed by atoms with Gasteiger partial charge in [-0.1, -0.05) is 12.2 Å². The highest BCUT2D eigenvalue weighted by Gasteiger charge is 2.47. The van der Waals surface area contributed by atoms with Crippen LogP contribution in [0.3, 0.4) is 0 Å². The zero-order chi connectivity index (χ0) is 19.0. The molecule has 0 radical (unpaired) electrons. The Kier molecular flexibility index (Phi) is 4.65. The first-order valence-corrected chi connectivity index (χ1v) is 9.26. The van der Waals surface area contributed by atoms with Crippen molar-refractivity contribution in [3.8, 4) is 0 Å². The number of hydrogen-bond acceptors (Lipinski definition) is 6. The monoisotopic (exact) mass is 370 g/mol. The number of benzene rings is 1. The Balaban J connectivity index is 1.34. The molecule has 3 aliphatic rings. The van der Waals surface area contributed by atoms with E-state index in [4.69, 9.17) is 0 Å². The van der Waals surface area contributed by atoms with Crippen molar-refractivity contribution in [2.45, 2.75) is 12.8 Å². The van der Waals surface area contributed by atoms with Crippen molar-refractivity contribution < 1.29 is 14.5 Å². The minimum atomic E-state index is -0.404. The van der Waals surface area contributed by atoms with Crippen LogP contribution in [0.1, 0.15) is 12.8 Å². The predicted octanol–water partition coefficient (Wildman–Crippen LogP) is 1.63. The number of non-ortho nitro benzene ring substituents is 1. The van der Waals surface area contributed by atoms with Crippen LogP contribution in [0.2, 0.25) is 0 Å². The van der Waals surface area contributed by atoms with E-state index in [0.717, 1.165) is 31.9 Å². The smallest absolute Gasteiger partial charge is 0.269 e. The Hall–Kier alpha value is -2.74. The molecule has 2 atom stereocenters. The van der Waals surface area contributed by atoms with Gasteiger partial charge in [0.2, 0.25) is 11.8 Å². The van der Waals surface area contributed by atoms with E-state index in [-0.39, 0.29) is 29.3 Å². The number of likely N-dealkylation sites (tertiary alicyclic amines) is 1. The van der Waals surface area contributed by atoms with E-state index < -0.39 is 4.92 Å². The number of fused-ring (bicyclic) bond motifs is 1. The SMILES string of the molecule is O=C1[C@@H]2CC=CC[C@H]2C(=O)N1CN1CCN(c2ccc([N+](=O)[O-])cc2)CC1. The molecule has 1 aromatic rings. The largest absolute Gasteiger partial charge is 0.369 e. The number of imide groups is 1. The van der Waals surface area contributed by atoms with Crippen LogP contribution < -0.4 is 4.90 Å². The van der Waals surface area contributed by atoms with Gasteiger partial charge >= 0.3 is 0 Å². The van der Waals surface area contributed by atoms with Crippen LogP contribution in [0.25, 0.3) is 0 Å². The summed E-state index contributed by atoms with van der Waals surface area (Å²) in [5.74, 6) is -0.424. The zero-order valence-electron chi connectivity index (χ0n) is 15.0. The topological polar surface area (TPSA) is 87.0 Å². The van der Waals surface area contributed by atoms with Gasteiger partial charge in [-0.25, -0.2) is 0 Å². The number of hydrogen-bond donors (Lipinski definition) is 0. The van der Waals surface area contributed by atoms with E-state index in [0.29, 0.717) is 19.5 Å². The highest BCUT2D eigenvalue weighted by Crippen LogP contribution is 2.35. The maximum atomic E-state index is 12.6. The maximum Gasteiger partial charge on any atom is 0.269 e. The Morgan fingerprint density at radius 3 is 2.00 bits per heavy atom. The standard InChI is InChI=1S/C19H22N4O4/c24-18-16-3-1-2-4-17(16)19(25)22(18)13-20-9-11-21(12-10-20)14-5-7-15(8-6-14)23(26)27/h1-2,5-8,16-17H,3-4,9-13H2/t16-,17-/m1/s1. The Morgan fingerprint density at radius 2 is 1.48 bits per heavy atom. The quantitative estimate of drug-likeness (QED) is 0.346. The molecule has 0 N–H and O–H groups in total. The van der Waals surface area contributed by atoms with Gasteiger partial charge in [-0.3, -0.25) is 29.5 Å². The molecule has 1 aliphatic carbocycles. The van der Waals surface area contributed by atoms with Crippen molar-refractivity contribution in [1.82, 2.24) is 9.80 Å². The van der Waals surface area contributed by atoms with Gasteiger partial charge in [0.15, 0.2) is 0 Å². The van der Waals surface area contributed by atoms with E-state index in [1.54, 1.807) is 12.1 Å². The average molecular weight is 370 g/mol. The number of carbonyl (C=O) groups is 2. The van der Waals surface area contributed by atoms with Gasteiger partial charge in [0.05, 0.1) is 23.4 Å². The third-order valence-electron chi connectivity index (χ3n) is 5.74. The van der Waals surface area contributed by atoms with Crippen LogP contribution in [0.5, 0.6) is 0 Å². The van der Waals surface area contributed by atoms with Gasteiger partial charge in [0, 0.05) is 44.0 Å². The Labute approximate surface area is 157 Å². The van der Waals surface area contributed by atoms with Crippen LogP contribution in [0.4, 0.5) is 11.4 Å². The molecule has 142 valence electrons. The summed E-state index contributed by atoms with van der Waals surface area (Å²) in [6.07, 6.45) is 5.33. The highest BCUT2D eigenvalue weighted by molar-refractivity contribution is 6.05. The number of nitrogens with zero attached hydrogens (tertiary/aromatic N) is 4. The summed E-state index contributed by atoms with van der Waals surface area (Å²) >= 11 is 0. The predicted molar refractivity (Wildman–Crippen MR) is 99.0 cm³/mol. The molecule has 0 spiro atoms. The number of nitro groups is 1. The van der Waals surface area contributed by atoms with Crippen molar-refractivity contribution in [2.75, 3.05) is 37.7 Å². The number of amides is 2. The second-order valence-corrected chi connectivity index (χ2v) is 7.28. The molecule has 2 aliphatic heterocycles. The minimum Gasteiger partial charge on any atom is -0.369 e. The van der Waals surface area contributed by atoms with Crippen LogP contribution >= 0.6 is 0 Å². The van der Waals surface area contributed by atoms with E-state index >= 15 is 0 Å². The number of anilines is 1. The molecular weight excluding hydrogens is 348 g/mol. The van der Waals surface area contributed by atoms with Gasteiger partial charge < -0.3 is 4.90 Å². The summed E-state index contributed by atoms with van der Waals surface area (Å²) in [6.45, 7) is 3.34. The molecule has 27 heavy (non-hydrogen) atoms. The molecule has 2 heterocycles. The third kappa shape index (κ3) is 3.32. The van der Waals surface area contributed by atoms with Crippen LogP contribution in [0.15, 0.2) is 36.4 Å². The third-order valence-corrected chi connectivity index (χ3v) is 5.74. The Morgan fingerprint density at radius 1 is 0.926 bits per heavy atom. The lowest BCUT2D eigenvalue weighted by Crippen LogP contribution is -2.51. The van der Waals surface area contributed by atoms with Crippen molar-refractivity contribution in [2.24, 2.45) is 11.8 Å². The molecule has 0 unspecified atom stereocenters. The fraction of sp³-hybridized carbons (Fsp3) is 0.474. The number of allylic oxidation sites excluding steroid dienone is 2. The van der Waals surface area contributed by atoms with E-state index in [1.165, 1.54) is 17.0 Å². The molecular formula is C19H22N4O4. The fourth-order valence-electron chi connectivity index (χ4n) is 4.14. The summed E-state index contributed by atoms with van der Waals surface area (Å²) in [4.78, 5) is 41.2. The number of nitro benzene ring substituents is 1. The molecule has 8 nitrogen and oxygen atoms in total. The summed E-state index contributed by atoms with van der Waals surface area (Å²) in [5, 5.41) is 10.8. The maximum absolute atomic E-state index is 12.6. The first kappa shape index (κ1) is 17.7. The van der Waals surface area contributed by atoms with Crippen LogP contribution in [-0.2, 0) is 9.59 Å². The van der Waals surface area contributed by atoms with Crippen molar-refractivity contribution >= 4 is 23.2 Å². The average Bonchev–Trinajstić information content (AvgIpc) is 2.94. The molecule has 0 bridgehead atoms. The highest BCUT2D eigenvalue weighted by atomic mass is 16.6. The summed E-state index contributed by atoms with van der Waals surface area (Å²) in [6, 6.07) is 6.55. The van der Waals surface area contributed by atoms with Gasteiger partial charge in [-0.2, -0.15) is 0 Å². The van der Waals surface area contributed by atoms with Crippen molar-refractivity contribution in [3.63, 3.8) is 0 Å². The van der Waals surface area contributed by atoms with E-state index in [9.17, 15) is 19.7 Å². The lowest BCUT2D eigenvalue weighted by Gasteiger charge is -2.37. The summed E-state index contributed by atoms with van der Waals surface area (Å²) in [5.41, 5.74) is 1.03. The molecule has 2 saturated heterocycles. The first-order valence-electron chi connectivity index (χ1n) is 9.26. The molecule has 2 amide bonds. The van der Waals surface area contributed by atoms with Crippen molar-refractivity contribution in [1.29, 1.82) is 0 Å². The zero-order valence-corrected chi connectivity index (χ0v) is 15.0. The van der Waals surface area contributed by atoms with E-state index in [2.05, 4.69) is 9.80 Å². The molecule has 0 aromatic heterocycles. The fourth-order valence-corrected chi connectivity index (χ4v) is 4.14. The normalized spacial score (nSPS) is 25.8. The lowest BCUT2D eigenvalue weighted by atomic mass is 9.85. The second kappa shape index (κ2) is 7.11. The van der Waals surface area contributed by atoms with Gasteiger partial charge in [-0.05, 0) is 25.0 Å². The summed E-state index contributed by atoms with van der Waals surface area (Å²) in [7, 11) is 0. The van der Waals surface area contributed by atoms with Crippen molar-refractivity contribution in [3.05, 3.63) is 46.5 Å². The Bertz CT molecular complexity index is 757. The minimum absolute atomic E-state index is 0.0350.